The summed E-state index contributed by atoms with van der Waals surface area (Å²) in [5.74, 6) is 0.190. The normalized spacial score (nSPS) is 17.3. The van der Waals surface area contributed by atoms with Crippen LogP contribution in [-0.2, 0) is 4.79 Å². The van der Waals surface area contributed by atoms with Crippen molar-refractivity contribution < 1.29 is 14.6 Å². The number of carbonyl (C=O) groups excluding carboxylic acids is 1. The zero-order valence-corrected chi connectivity index (χ0v) is 8.49. The van der Waals surface area contributed by atoms with E-state index in [1.54, 1.807) is 18.2 Å². The van der Waals surface area contributed by atoms with Gasteiger partial charge in [-0.3, -0.25) is 0 Å². The van der Waals surface area contributed by atoms with Gasteiger partial charge in [-0.25, -0.2) is 4.79 Å². The van der Waals surface area contributed by atoms with Crippen molar-refractivity contribution in [1.82, 2.24) is 0 Å². The molecule has 0 radical (unpaired) electrons. The van der Waals surface area contributed by atoms with Gasteiger partial charge in [0, 0.05) is 12.0 Å². The van der Waals surface area contributed by atoms with E-state index in [9.17, 15) is 9.90 Å². The summed E-state index contributed by atoms with van der Waals surface area (Å²) < 4.78 is 5.03. The van der Waals surface area contributed by atoms with Crippen LogP contribution in [0.15, 0.2) is 30.0 Å². The molecule has 1 aromatic carbocycles. The van der Waals surface area contributed by atoms with E-state index in [0.717, 1.165) is 6.42 Å². The molecular formula is C12H12O3. The number of hydrogen-bond acceptors (Lipinski definition) is 3. The van der Waals surface area contributed by atoms with E-state index in [2.05, 4.69) is 0 Å². The predicted octanol–water partition coefficient (Wildman–Crippen LogP) is 2.67. The van der Waals surface area contributed by atoms with Crippen LogP contribution in [-0.4, -0.2) is 11.1 Å². The van der Waals surface area contributed by atoms with Crippen LogP contribution in [0.25, 0.3) is 5.57 Å². The standard InChI is InChI=1S/C12H12O3/c1-2-5-9(13)11-8-6-3-4-7-10(8)15-12(11)14/h3-4,6-7,13H,2,5H2,1H3/b11-9-. The van der Waals surface area contributed by atoms with Crippen LogP contribution in [0.1, 0.15) is 25.3 Å². The number of fused-ring (bicyclic) bond motifs is 1. The number of benzene rings is 1. The molecule has 0 spiro atoms. The number of aliphatic hydroxyl groups is 1. The van der Waals surface area contributed by atoms with E-state index in [0.29, 0.717) is 23.3 Å². The second kappa shape index (κ2) is 3.77. The number of ether oxygens (including phenoxy) is 1. The van der Waals surface area contributed by atoms with Gasteiger partial charge in [-0.15, -0.1) is 0 Å². The Balaban J connectivity index is 2.50. The molecule has 0 aliphatic carbocycles. The average Bonchev–Trinajstić information content (AvgIpc) is 2.54. The molecule has 1 aliphatic rings. The molecule has 0 amide bonds. The van der Waals surface area contributed by atoms with Gasteiger partial charge in [0.15, 0.2) is 0 Å². The molecule has 0 fully saturated rings. The summed E-state index contributed by atoms with van der Waals surface area (Å²) in [5.41, 5.74) is 1.00. The van der Waals surface area contributed by atoms with Gasteiger partial charge in [0.2, 0.25) is 0 Å². The van der Waals surface area contributed by atoms with Crippen LogP contribution in [0.3, 0.4) is 0 Å². The van der Waals surface area contributed by atoms with Gasteiger partial charge < -0.3 is 9.84 Å². The number of rotatable bonds is 2. The molecule has 3 heteroatoms. The van der Waals surface area contributed by atoms with Crippen LogP contribution in [0.5, 0.6) is 5.75 Å². The molecular weight excluding hydrogens is 192 g/mol. The molecule has 0 atom stereocenters. The maximum absolute atomic E-state index is 11.5. The van der Waals surface area contributed by atoms with Crippen LogP contribution < -0.4 is 4.74 Å². The maximum atomic E-state index is 11.5. The van der Waals surface area contributed by atoms with Crippen molar-refractivity contribution >= 4 is 11.5 Å². The number of carbonyl (C=O) groups is 1. The van der Waals surface area contributed by atoms with Gasteiger partial charge in [0.05, 0.1) is 0 Å². The van der Waals surface area contributed by atoms with Crippen molar-refractivity contribution in [1.29, 1.82) is 0 Å². The predicted molar refractivity (Wildman–Crippen MR) is 56.5 cm³/mol. The fourth-order valence-electron chi connectivity index (χ4n) is 1.66. The number of allylic oxidation sites excluding steroid dienone is 1. The van der Waals surface area contributed by atoms with Gasteiger partial charge >= 0.3 is 5.97 Å². The summed E-state index contributed by atoms with van der Waals surface area (Å²) in [5, 5.41) is 9.74. The Bertz CT molecular complexity index is 432. The van der Waals surface area contributed by atoms with Crippen molar-refractivity contribution in [3.63, 3.8) is 0 Å². The lowest BCUT2D eigenvalue weighted by Crippen LogP contribution is -2.03. The molecule has 2 rings (SSSR count). The Morgan fingerprint density at radius 3 is 2.87 bits per heavy atom. The Kier molecular flexibility index (Phi) is 2.46. The molecule has 15 heavy (non-hydrogen) atoms. The van der Waals surface area contributed by atoms with E-state index in [1.165, 1.54) is 0 Å². The van der Waals surface area contributed by atoms with Gasteiger partial charge in [0.1, 0.15) is 17.1 Å². The van der Waals surface area contributed by atoms with E-state index in [-0.39, 0.29) is 5.76 Å². The molecule has 0 bridgehead atoms. The van der Waals surface area contributed by atoms with Crippen molar-refractivity contribution in [2.24, 2.45) is 0 Å². The molecule has 1 N–H and O–H groups in total. The summed E-state index contributed by atoms with van der Waals surface area (Å²) in [7, 11) is 0. The molecule has 0 saturated carbocycles. The first-order valence-electron chi connectivity index (χ1n) is 4.97. The highest BCUT2D eigenvalue weighted by atomic mass is 16.5. The molecule has 1 heterocycles. The largest absolute Gasteiger partial charge is 0.511 e. The summed E-state index contributed by atoms with van der Waals surface area (Å²) in [4.78, 5) is 11.5. The molecule has 1 aliphatic heterocycles. The van der Waals surface area contributed by atoms with Gasteiger partial charge in [-0.1, -0.05) is 25.1 Å². The Labute approximate surface area is 88.0 Å². The zero-order chi connectivity index (χ0) is 10.8. The summed E-state index contributed by atoms with van der Waals surface area (Å²) in [6, 6.07) is 7.12. The second-order valence-corrected chi connectivity index (χ2v) is 3.46. The Morgan fingerprint density at radius 1 is 1.40 bits per heavy atom. The first kappa shape index (κ1) is 9.77. The smallest absolute Gasteiger partial charge is 0.347 e. The summed E-state index contributed by atoms with van der Waals surface area (Å²) in [6.45, 7) is 1.95. The van der Waals surface area contributed by atoms with Crippen LogP contribution in [0.4, 0.5) is 0 Å². The molecule has 78 valence electrons. The monoisotopic (exact) mass is 204 g/mol. The molecule has 0 saturated heterocycles. The van der Waals surface area contributed by atoms with Crippen molar-refractivity contribution in [3.8, 4) is 5.75 Å². The van der Waals surface area contributed by atoms with Crippen molar-refractivity contribution in [2.75, 3.05) is 0 Å². The Hall–Kier alpha value is -1.77. The fourth-order valence-corrected chi connectivity index (χ4v) is 1.66. The number of aliphatic hydroxyl groups excluding tert-OH is 1. The van der Waals surface area contributed by atoms with Crippen LogP contribution in [0, 0.1) is 0 Å². The fraction of sp³-hybridized carbons (Fsp3) is 0.250. The maximum Gasteiger partial charge on any atom is 0.347 e. The average molecular weight is 204 g/mol. The van der Waals surface area contributed by atoms with E-state index < -0.39 is 5.97 Å². The highest BCUT2D eigenvalue weighted by molar-refractivity contribution is 6.21. The number of para-hydroxylation sites is 1. The highest BCUT2D eigenvalue weighted by Crippen LogP contribution is 2.35. The van der Waals surface area contributed by atoms with E-state index in [4.69, 9.17) is 4.74 Å². The zero-order valence-electron chi connectivity index (χ0n) is 8.49. The third-order valence-corrected chi connectivity index (χ3v) is 2.34. The number of hydrogen-bond donors (Lipinski definition) is 1. The highest BCUT2D eigenvalue weighted by Gasteiger charge is 2.29. The van der Waals surface area contributed by atoms with Gasteiger partial charge in [0.25, 0.3) is 0 Å². The first-order chi connectivity index (χ1) is 7.24. The second-order valence-electron chi connectivity index (χ2n) is 3.46. The summed E-state index contributed by atoms with van der Waals surface area (Å²) >= 11 is 0. The van der Waals surface area contributed by atoms with Crippen molar-refractivity contribution in [2.45, 2.75) is 19.8 Å². The molecule has 1 aromatic rings. The minimum absolute atomic E-state index is 0.118. The lowest BCUT2D eigenvalue weighted by atomic mass is 10.0. The Morgan fingerprint density at radius 2 is 2.13 bits per heavy atom. The number of esters is 1. The minimum Gasteiger partial charge on any atom is -0.511 e. The summed E-state index contributed by atoms with van der Waals surface area (Å²) in [6.07, 6.45) is 1.30. The lowest BCUT2D eigenvalue weighted by molar-refractivity contribution is -0.127. The van der Waals surface area contributed by atoms with Crippen LogP contribution >= 0.6 is 0 Å². The lowest BCUT2D eigenvalue weighted by Gasteiger charge is -2.00. The van der Waals surface area contributed by atoms with E-state index >= 15 is 0 Å². The van der Waals surface area contributed by atoms with Gasteiger partial charge in [-0.05, 0) is 12.5 Å². The van der Waals surface area contributed by atoms with Crippen LogP contribution in [0.2, 0.25) is 0 Å². The minimum atomic E-state index is -0.456. The topological polar surface area (TPSA) is 46.5 Å². The first-order valence-corrected chi connectivity index (χ1v) is 4.97. The van der Waals surface area contributed by atoms with E-state index in [1.807, 2.05) is 13.0 Å². The molecule has 0 aromatic heterocycles. The third-order valence-electron chi connectivity index (χ3n) is 2.34. The van der Waals surface area contributed by atoms with Crippen molar-refractivity contribution in [3.05, 3.63) is 35.6 Å². The molecule has 3 nitrogen and oxygen atoms in total. The quantitative estimate of drug-likeness (QED) is 0.348. The van der Waals surface area contributed by atoms with Gasteiger partial charge in [-0.2, -0.15) is 0 Å². The third kappa shape index (κ3) is 1.61. The molecule has 0 unspecified atom stereocenters. The SMILES string of the molecule is CCC/C(O)=C1/C(=O)Oc2ccccc21.